The first-order valence-electron chi connectivity index (χ1n) is 3.90. The third-order valence-corrected chi connectivity index (χ3v) is 1.88. The van der Waals surface area contributed by atoms with E-state index in [0.717, 1.165) is 0 Å². The second kappa shape index (κ2) is 4.34. The molecule has 0 unspecified atom stereocenters. The van der Waals surface area contributed by atoms with Crippen molar-refractivity contribution < 1.29 is 4.84 Å². The molecule has 2 heteroatoms. The SMILES string of the molecule is CONC=C1CCCCC1. The fourth-order valence-electron chi connectivity index (χ4n) is 1.29. The van der Waals surface area contributed by atoms with Gasteiger partial charge in [0.25, 0.3) is 0 Å². The van der Waals surface area contributed by atoms with Crippen molar-refractivity contribution in [1.29, 1.82) is 0 Å². The van der Waals surface area contributed by atoms with Crippen LogP contribution in [0, 0.1) is 0 Å². The summed E-state index contributed by atoms with van der Waals surface area (Å²) in [6, 6.07) is 0. The molecule has 1 saturated carbocycles. The van der Waals surface area contributed by atoms with Gasteiger partial charge in [0.2, 0.25) is 0 Å². The molecule has 1 fully saturated rings. The smallest absolute Gasteiger partial charge is 0.0636 e. The van der Waals surface area contributed by atoms with Gasteiger partial charge in [-0.3, -0.25) is 10.3 Å². The van der Waals surface area contributed by atoms with Crippen LogP contribution in [-0.2, 0) is 4.84 Å². The van der Waals surface area contributed by atoms with E-state index in [1.807, 2.05) is 6.20 Å². The zero-order valence-electron chi connectivity index (χ0n) is 6.52. The first-order valence-corrected chi connectivity index (χ1v) is 3.90. The summed E-state index contributed by atoms with van der Waals surface area (Å²) in [5, 5.41) is 0. The van der Waals surface area contributed by atoms with Crippen molar-refractivity contribution in [3.63, 3.8) is 0 Å². The van der Waals surface area contributed by atoms with Crippen LogP contribution in [0.25, 0.3) is 0 Å². The minimum atomic E-state index is 1.25. The molecule has 2 nitrogen and oxygen atoms in total. The molecule has 1 N–H and O–H groups in total. The standard InChI is InChI=1S/C8H15NO/c1-10-9-7-8-5-3-2-4-6-8/h7,9H,2-6H2,1H3. The lowest BCUT2D eigenvalue weighted by molar-refractivity contribution is 0.127. The highest BCUT2D eigenvalue weighted by Gasteiger charge is 2.03. The van der Waals surface area contributed by atoms with Gasteiger partial charge in [0.1, 0.15) is 0 Å². The van der Waals surface area contributed by atoms with E-state index in [4.69, 9.17) is 4.84 Å². The van der Waals surface area contributed by atoms with Gasteiger partial charge >= 0.3 is 0 Å². The van der Waals surface area contributed by atoms with Crippen LogP contribution < -0.4 is 5.48 Å². The van der Waals surface area contributed by atoms with Crippen molar-refractivity contribution in [2.45, 2.75) is 32.1 Å². The highest BCUT2D eigenvalue weighted by Crippen LogP contribution is 2.21. The van der Waals surface area contributed by atoms with E-state index in [9.17, 15) is 0 Å². The van der Waals surface area contributed by atoms with Crippen LogP contribution in [0.15, 0.2) is 11.8 Å². The molecule has 1 aliphatic rings. The van der Waals surface area contributed by atoms with Crippen molar-refractivity contribution in [1.82, 2.24) is 5.48 Å². The Morgan fingerprint density at radius 1 is 1.30 bits per heavy atom. The van der Waals surface area contributed by atoms with Crippen molar-refractivity contribution in [3.8, 4) is 0 Å². The molecule has 0 aromatic carbocycles. The molecule has 0 aromatic rings. The highest BCUT2D eigenvalue weighted by atomic mass is 16.6. The van der Waals surface area contributed by atoms with Gasteiger partial charge in [-0.1, -0.05) is 12.0 Å². The molecule has 0 radical (unpaired) electrons. The predicted molar refractivity (Wildman–Crippen MR) is 41.3 cm³/mol. The normalized spacial score (nSPS) is 18.7. The molecule has 0 heterocycles. The fraction of sp³-hybridized carbons (Fsp3) is 0.750. The second-order valence-corrected chi connectivity index (χ2v) is 2.69. The zero-order valence-corrected chi connectivity index (χ0v) is 6.52. The van der Waals surface area contributed by atoms with E-state index in [0.29, 0.717) is 0 Å². The van der Waals surface area contributed by atoms with Crippen LogP contribution in [-0.4, -0.2) is 7.11 Å². The Morgan fingerprint density at radius 3 is 2.60 bits per heavy atom. The van der Waals surface area contributed by atoms with Crippen LogP contribution >= 0.6 is 0 Å². The molecule has 1 aliphatic carbocycles. The van der Waals surface area contributed by atoms with E-state index in [1.54, 1.807) is 7.11 Å². The van der Waals surface area contributed by atoms with Gasteiger partial charge in [0.15, 0.2) is 0 Å². The minimum Gasteiger partial charge on any atom is -0.280 e. The fourth-order valence-corrected chi connectivity index (χ4v) is 1.29. The van der Waals surface area contributed by atoms with E-state index in [2.05, 4.69) is 5.48 Å². The Morgan fingerprint density at radius 2 is 2.00 bits per heavy atom. The van der Waals surface area contributed by atoms with Gasteiger partial charge in [0.05, 0.1) is 7.11 Å². The predicted octanol–water partition coefficient (Wildman–Crippen LogP) is 1.99. The summed E-state index contributed by atoms with van der Waals surface area (Å²) in [5.41, 5.74) is 4.25. The molecule has 0 atom stereocenters. The van der Waals surface area contributed by atoms with Gasteiger partial charge in [-0.15, -0.1) is 0 Å². The number of hydrogen-bond acceptors (Lipinski definition) is 2. The van der Waals surface area contributed by atoms with E-state index < -0.39 is 0 Å². The molecule has 0 aromatic heterocycles. The number of hydrogen-bond donors (Lipinski definition) is 1. The van der Waals surface area contributed by atoms with E-state index in [1.165, 1.54) is 37.7 Å². The summed E-state index contributed by atoms with van der Waals surface area (Å²) < 4.78 is 0. The van der Waals surface area contributed by atoms with Crippen LogP contribution in [0.3, 0.4) is 0 Å². The van der Waals surface area contributed by atoms with E-state index >= 15 is 0 Å². The monoisotopic (exact) mass is 141 g/mol. The first kappa shape index (κ1) is 7.61. The third kappa shape index (κ3) is 2.40. The highest BCUT2D eigenvalue weighted by molar-refractivity contribution is 5.01. The van der Waals surface area contributed by atoms with Crippen molar-refractivity contribution in [2.24, 2.45) is 0 Å². The largest absolute Gasteiger partial charge is 0.280 e. The van der Waals surface area contributed by atoms with Crippen molar-refractivity contribution in [2.75, 3.05) is 7.11 Å². The lowest BCUT2D eigenvalue weighted by Crippen LogP contribution is -2.05. The Bertz CT molecular complexity index is 112. The second-order valence-electron chi connectivity index (χ2n) is 2.69. The van der Waals surface area contributed by atoms with E-state index in [-0.39, 0.29) is 0 Å². The van der Waals surface area contributed by atoms with Crippen molar-refractivity contribution in [3.05, 3.63) is 11.8 Å². The molecule has 0 aliphatic heterocycles. The average molecular weight is 141 g/mol. The summed E-state index contributed by atoms with van der Waals surface area (Å²) >= 11 is 0. The average Bonchev–Trinajstić information content (AvgIpc) is 2.03. The maximum absolute atomic E-state index is 4.72. The first-order chi connectivity index (χ1) is 4.93. The van der Waals surface area contributed by atoms with Crippen LogP contribution in [0.2, 0.25) is 0 Å². The zero-order chi connectivity index (χ0) is 7.23. The number of hydroxylamine groups is 1. The lowest BCUT2D eigenvalue weighted by Gasteiger charge is -2.12. The summed E-state index contributed by atoms with van der Waals surface area (Å²) in [7, 11) is 1.64. The summed E-state index contributed by atoms with van der Waals surface area (Å²) in [5.74, 6) is 0. The maximum Gasteiger partial charge on any atom is 0.0636 e. The molecular formula is C8H15NO. The van der Waals surface area contributed by atoms with Crippen LogP contribution in [0.1, 0.15) is 32.1 Å². The topological polar surface area (TPSA) is 21.3 Å². The molecule has 0 bridgehead atoms. The van der Waals surface area contributed by atoms with Gasteiger partial charge in [-0.2, -0.15) is 0 Å². The Kier molecular flexibility index (Phi) is 3.30. The number of rotatable bonds is 2. The third-order valence-electron chi connectivity index (χ3n) is 1.88. The summed E-state index contributed by atoms with van der Waals surface area (Å²) in [6.07, 6.45) is 8.56. The van der Waals surface area contributed by atoms with Gasteiger partial charge in [-0.05, 0) is 25.7 Å². The maximum atomic E-state index is 4.72. The van der Waals surface area contributed by atoms with Crippen molar-refractivity contribution >= 4 is 0 Å². The van der Waals surface area contributed by atoms with Crippen LogP contribution in [0.4, 0.5) is 0 Å². The van der Waals surface area contributed by atoms with Crippen LogP contribution in [0.5, 0.6) is 0 Å². The Hall–Kier alpha value is -0.500. The molecule has 0 saturated heterocycles. The quantitative estimate of drug-likeness (QED) is 0.594. The Balaban J connectivity index is 2.23. The summed E-state index contributed by atoms with van der Waals surface area (Å²) in [6.45, 7) is 0. The molecule has 10 heavy (non-hydrogen) atoms. The minimum absolute atomic E-state index is 1.25. The molecule has 0 amide bonds. The molecule has 58 valence electrons. The number of allylic oxidation sites excluding steroid dienone is 1. The van der Waals surface area contributed by atoms with Gasteiger partial charge < -0.3 is 0 Å². The molecule has 1 rings (SSSR count). The van der Waals surface area contributed by atoms with Gasteiger partial charge in [0, 0.05) is 6.20 Å². The molecular weight excluding hydrogens is 126 g/mol. The number of nitrogens with one attached hydrogen (secondary N) is 1. The molecule has 0 spiro atoms. The lowest BCUT2D eigenvalue weighted by atomic mass is 9.96. The summed E-state index contributed by atoms with van der Waals surface area (Å²) in [4.78, 5) is 4.72. The Labute approximate surface area is 62.2 Å². The van der Waals surface area contributed by atoms with Gasteiger partial charge in [-0.25, -0.2) is 0 Å².